The minimum absolute atomic E-state index is 0.167. The van der Waals surface area contributed by atoms with E-state index in [4.69, 9.17) is 27.7 Å². The molecule has 88 valence electrons. The molecule has 0 aromatic carbocycles. The van der Waals surface area contributed by atoms with Gasteiger partial charge in [0.25, 0.3) is 0 Å². The normalized spacial score (nSPS) is 46.5. The van der Waals surface area contributed by atoms with E-state index in [1.807, 2.05) is 6.92 Å². The summed E-state index contributed by atoms with van der Waals surface area (Å²) in [5.74, 6) is 0.167. The van der Waals surface area contributed by atoms with E-state index in [1.54, 1.807) is 0 Å². The van der Waals surface area contributed by atoms with Crippen LogP contribution in [0.1, 0.15) is 26.7 Å². The number of alkyl halides is 2. The molecule has 15 heavy (non-hydrogen) atoms. The minimum Gasteiger partial charge on any atom is -0.328 e. The van der Waals surface area contributed by atoms with Crippen LogP contribution in [0.2, 0.25) is 0 Å². The lowest BCUT2D eigenvalue weighted by atomic mass is 10.1. The van der Waals surface area contributed by atoms with Crippen LogP contribution in [0.25, 0.3) is 0 Å². The average Bonchev–Trinajstić information content (AvgIpc) is 2.42. The van der Waals surface area contributed by atoms with Gasteiger partial charge in [-0.1, -0.05) is 20.3 Å². The molecule has 1 saturated carbocycles. The first-order valence-electron chi connectivity index (χ1n) is 5.46. The van der Waals surface area contributed by atoms with E-state index in [0.717, 1.165) is 12.8 Å². The summed E-state index contributed by atoms with van der Waals surface area (Å²) in [6.45, 7) is 4.71. The Kier molecular flexibility index (Phi) is 2.96. The monoisotopic (exact) mass is 270 g/mol. The van der Waals surface area contributed by atoms with E-state index in [9.17, 15) is 4.57 Å². The summed E-state index contributed by atoms with van der Waals surface area (Å²) in [6.07, 6.45) is 3.16. The topological polar surface area (TPSA) is 26.3 Å². The van der Waals surface area contributed by atoms with Crippen LogP contribution in [0, 0.1) is 11.3 Å². The fourth-order valence-electron chi connectivity index (χ4n) is 2.52. The number of unbranched alkanes of at least 4 members (excludes halogenated alkanes) is 1. The molecule has 0 aromatic heterocycles. The molecule has 0 aromatic rings. The van der Waals surface area contributed by atoms with Gasteiger partial charge in [-0.2, -0.15) is 0 Å². The molecule has 0 radical (unpaired) electrons. The van der Waals surface area contributed by atoms with E-state index < -0.39 is 11.7 Å². The third kappa shape index (κ3) is 1.78. The highest BCUT2D eigenvalue weighted by molar-refractivity contribution is 7.59. The summed E-state index contributed by atoms with van der Waals surface area (Å²) in [5, 5.41) is 0. The summed E-state index contributed by atoms with van der Waals surface area (Å²) < 4.78 is 17.2. The molecule has 2 aliphatic rings. The molecule has 2 nitrogen and oxygen atoms in total. The van der Waals surface area contributed by atoms with Crippen molar-refractivity contribution in [3.63, 3.8) is 0 Å². The first-order chi connectivity index (χ1) is 6.86. The maximum absolute atomic E-state index is 12.3. The SMILES string of the molecule is CCCCOP1(=O)CC2C(Cl)(Cl)C2(C)C1. The van der Waals surface area contributed by atoms with Gasteiger partial charge in [0.1, 0.15) is 4.33 Å². The average molecular weight is 271 g/mol. The molecule has 0 spiro atoms. The quantitative estimate of drug-likeness (QED) is 0.440. The van der Waals surface area contributed by atoms with Gasteiger partial charge in [0, 0.05) is 23.7 Å². The van der Waals surface area contributed by atoms with Crippen molar-refractivity contribution in [2.24, 2.45) is 11.3 Å². The lowest BCUT2D eigenvalue weighted by Gasteiger charge is -2.19. The van der Waals surface area contributed by atoms with Crippen LogP contribution in [-0.4, -0.2) is 23.3 Å². The molecule has 3 unspecified atom stereocenters. The van der Waals surface area contributed by atoms with Gasteiger partial charge in [-0.3, -0.25) is 4.57 Å². The summed E-state index contributed by atoms with van der Waals surface area (Å²) >= 11 is 12.3. The molecule has 2 rings (SSSR count). The Morgan fingerprint density at radius 1 is 1.53 bits per heavy atom. The molecule has 1 aliphatic heterocycles. The third-order valence-electron chi connectivity index (χ3n) is 3.74. The van der Waals surface area contributed by atoms with Crippen molar-refractivity contribution in [3.05, 3.63) is 0 Å². The highest BCUT2D eigenvalue weighted by atomic mass is 35.5. The molecule has 0 N–H and O–H groups in total. The molecule has 3 atom stereocenters. The smallest absolute Gasteiger partial charge is 0.204 e. The standard InChI is InChI=1S/C10H17Cl2O2P/c1-3-4-5-14-15(13)6-8-9(2,7-15)10(8,11)12/h8H,3-7H2,1-2H3. The van der Waals surface area contributed by atoms with Crippen molar-refractivity contribution in [1.29, 1.82) is 0 Å². The molecular weight excluding hydrogens is 254 g/mol. The van der Waals surface area contributed by atoms with Gasteiger partial charge in [0.15, 0.2) is 0 Å². The summed E-state index contributed by atoms with van der Waals surface area (Å²) in [6, 6.07) is 0. The summed E-state index contributed by atoms with van der Waals surface area (Å²) in [4.78, 5) is 0. The number of hydrogen-bond acceptors (Lipinski definition) is 2. The molecular formula is C10H17Cl2O2P. The van der Waals surface area contributed by atoms with Crippen molar-refractivity contribution in [3.8, 4) is 0 Å². The van der Waals surface area contributed by atoms with Gasteiger partial charge in [-0.25, -0.2) is 0 Å². The Morgan fingerprint density at radius 2 is 2.20 bits per heavy atom. The van der Waals surface area contributed by atoms with Crippen molar-refractivity contribution in [2.45, 2.75) is 31.0 Å². The van der Waals surface area contributed by atoms with Gasteiger partial charge in [0.2, 0.25) is 7.37 Å². The van der Waals surface area contributed by atoms with E-state index in [-0.39, 0.29) is 11.3 Å². The maximum Gasteiger partial charge on any atom is 0.204 e. The predicted octanol–water partition coefficient (Wildman–Crippen LogP) is 3.90. The molecule has 1 aliphatic carbocycles. The number of hydrogen-bond donors (Lipinski definition) is 0. The number of halogens is 2. The molecule has 0 amide bonds. The summed E-state index contributed by atoms with van der Waals surface area (Å²) in [7, 11) is -2.42. The summed E-state index contributed by atoms with van der Waals surface area (Å²) in [5.41, 5.74) is -0.169. The van der Waals surface area contributed by atoms with Crippen LogP contribution in [0.5, 0.6) is 0 Å². The van der Waals surface area contributed by atoms with Crippen molar-refractivity contribution in [2.75, 3.05) is 18.9 Å². The number of fused-ring (bicyclic) bond motifs is 1. The first-order valence-corrected chi connectivity index (χ1v) is 8.21. The lowest BCUT2D eigenvalue weighted by Crippen LogP contribution is -2.12. The fourth-order valence-corrected chi connectivity index (χ4v) is 7.34. The Balaban J connectivity index is 1.93. The zero-order chi connectivity index (χ0) is 11.3. The molecule has 2 fully saturated rings. The van der Waals surface area contributed by atoms with Crippen molar-refractivity contribution in [1.82, 2.24) is 0 Å². The second kappa shape index (κ2) is 3.63. The Labute approximate surface area is 101 Å². The largest absolute Gasteiger partial charge is 0.328 e. The molecule has 1 saturated heterocycles. The van der Waals surface area contributed by atoms with Crippen molar-refractivity contribution >= 4 is 30.6 Å². The molecule has 5 heteroatoms. The lowest BCUT2D eigenvalue weighted by molar-refractivity contribution is 0.306. The highest BCUT2D eigenvalue weighted by Gasteiger charge is 2.79. The van der Waals surface area contributed by atoms with Crippen LogP contribution in [0.15, 0.2) is 0 Å². The van der Waals surface area contributed by atoms with Crippen molar-refractivity contribution < 1.29 is 9.09 Å². The van der Waals surface area contributed by atoms with Crippen LogP contribution in [-0.2, 0) is 9.09 Å². The van der Waals surface area contributed by atoms with Crippen LogP contribution < -0.4 is 0 Å². The van der Waals surface area contributed by atoms with E-state index >= 15 is 0 Å². The van der Waals surface area contributed by atoms with Gasteiger partial charge in [-0.05, 0) is 6.42 Å². The maximum atomic E-state index is 12.3. The molecule has 1 heterocycles. The zero-order valence-electron chi connectivity index (χ0n) is 9.13. The van der Waals surface area contributed by atoms with E-state index in [0.29, 0.717) is 18.9 Å². The predicted molar refractivity (Wildman–Crippen MR) is 64.2 cm³/mol. The van der Waals surface area contributed by atoms with Crippen LogP contribution in [0.3, 0.4) is 0 Å². The Bertz CT molecular complexity index is 319. The minimum atomic E-state index is -2.42. The second-order valence-electron chi connectivity index (χ2n) is 4.94. The van der Waals surface area contributed by atoms with Gasteiger partial charge >= 0.3 is 0 Å². The second-order valence-corrected chi connectivity index (χ2v) is 8.89. The molecule has 0 bridgehead atoms. The fraction of sp³-hybridized carbons (Fsp3) is 1.00. The van der Waals surface area contributed by atoms with Crippen LogP contribution >= 0.6 is 30.6 Å². The van der Waals surface area contributed by atoms with E-state index in [2.05, 4.69) is 6.92 Å². The number of rotatable bonds is 4. The third-order valence-corrected chi connectivity index (χ3v) is 7.84. The Hall–Kier alpha value is 0.770. The first kappa shape index (κ1) is 12.2. The zero-order valence-corrected chi connectivity index (χ0v) is 11.5. The van der Waals surface area contributed by atoms with Gasteiger partial charge in [-0.15, -0.1) is 23.2 Å². The highest BCUT2D eigenvalue weighted by Crippen LogP contribution is 2.81. The van der Waals surface area contributed by atoms with E-state index in [1.165, 1.54) is 0 Å². The Morgan fingerprint density at radius 3 is 2.67 bits per heavy atom. The van der Waals surface area contributed by atoms with Crippen LogP contribution in [0.4, 0.5) is 0 Å². The van der Waals surface area contributed by atoms with Gasteiger partial charge < -0.3 is 4.52 Å². The van der Waals surface area contributed by atoms with Gasteiger partial charge in [0.05, 0.1) is 6.61 Å².